The van der Waals surface area contributed by atoms with Gasteiger partial charge in [-0.2, -0.15) is 5.10 Å². The van der Waals surface area contributed by atoms with Crippen molar-refractivity contribution < 1.29 is 0 Å². The molecule has 0 saturated carbocycles. The second kappa shape index (κ2) is 6.04. The summed E-state index contributed by atoms with van der Waals surface area (Å²) in [5.41, 5.74) is 10.9. The maximum atomic E-state index is 3.98. The molecule has 0 aliphatic carbocycles. The third-order valence-electron chi connectivity index (χ3n) is 3.06. The van der Waals surface area contributed by atoms with Gasteiger partial charge in [-0.1, -0.05) is 36.4 Å². The van der Waals surface area contributed by atoms with Gasteiger partial charge in [-0.25, -0.2) is 5.43 Å². The smallest absolute Gasteiger partial charge is 0.0565 e. The van der Waals surface area contributed by atoms with Crippen molar-refractivity contribution >= 4 is 5.69 Å². The number of benzene rings is 2. The molecule has 3 rings (SSSR count). The molecule has 2 aromatic carbocycles. The molecule has 4 heteroatoms. The maximum absolute atomic E-state index is 3.98. The van der Waals surface area contributed by atoms with Crippen molar-refractivity contribution in [3.63, 3.8) is 0 Å². The van der Waals surface area contributed by atoms with E-state index in [2.05, 4.69) is 45.3 Å². The van der Waals surface area contributed by atoms with E-state index in [0.717, 1.165) is 23.4 Å². The largest absolute Gasteiger partial charge is 0.321 e. The van der Waals surface area contributed by atoms with Crippen molar-refractivity contribution in [1.29, 1.82) is 0 Å². The molecule has 100 valence electrons. The second-order valence-electron chi connectivity index (χ2n) is 4.53. The summed E-state index contributed by atoms with van der Waals surface area (Å²) >= 11 is 0. The SMILES string of the molecule is c1ccc(NNCc2cccc(-c3cn[nH]c3)c2)cc1. The van der Waals surface area contributed by atoms with E-state index in [1.54, 1.807) is 0 Å². The third kappa shape index (κ3) is 3.05. The van der Waals surface area contributed by atoms with Crippen LogP contribution in [-0.4, -0.2) is 10.2 Å². The number of aromatic nitrogens is 2. The van der Waals surface area contributed by atoms with Gasteiger partial charge in [0.1, 0.15) is 0 Å². The number of aromatic amines is 1. The molecule has 0 bridgehead atoms. The van der Waals surface area contributed by atoms with Gasteiger partial charge >= 0.3 is 0 Å². The summed E-state index contributed by atoms with van der Waals surface area (Å²) in [6.45, 7) is 0.751. The Morgan fingerprint density at radius 1 is 0.950 bits per heavy atom. The zero-order valence-corrected chi connectivity index (χ0v) is 11.0. The molecule has 0 unspecified atom stereocenters. The summed E-state index contributed by atoms with van der Waals surface area (Å²) in [6.07, 6.45) is 3.73. The lowest BCUT2D eigenvalue weighted by Crippen LogP contribution is -2.20. The normalized spacial score (nSPS) is 10.4. The van der Waals surface area contributed by atoms with Crippen molar-refractivity contribution in [2.45, 2.75) is 6.54 Å². The van der Waals surface area contributed by atoms with Gasteiger partial charge in [-0.05, 0) is 29.3 Å². The van der Waals surface area contributed by atoms with Crippen molar-refractivity contribution in [1.82, 2.24) is 15.6 Å². The monoisotopic (exact) mass is 264 g/mol. The molecule has 1 aromatic heterocycles. The van der Waals surface area contributed by atoms with Gasteiger partial charge < -0.3 is 5.43 Å². The molecule has 0 amide bonds. The number of rotatable bonds is 5. The van der Waals surface area contributed by atoms with Gasteiger partial charge in [0.25, 0.3) is 0 Å². The molecular weight excluding hydrogens is 248 g/mol. The zero-order valence-electron chi connectivity index (χ0n) is 11.0. The van der Waals surface area contributed by atoms with E-state index in [-0.39, 0.29) is 0 Å². The molecule has 0 radical (unpaired) electrons. The molecule has 3 aromatic rings. The molecule has 0 aliphatic heterocycles. The van der Waals surface area contributed by atoms with Crippen LogP contribution >= 0.6 is 0 Å². The summed E-state index contributed by atoms with van der Waals surface area (Å²) in [5.74, 6) is 0. The van der Waals surface area contributed by atoms with Crippen LogP contribution in [-0.2, 0) is 6.54 Å². The molecule has 0 atom stereocenters. The van der Waals surface area contributed by atoms with E-state index in [1.807, 2.05) is 42.7 Å². The van der Waals surface area contributed by atoms with Crippen LogP contribution < -0.4 is 10.9 Å². The highest BCUT2D eigenvalue weighted by molar-refractivity contribution is 5.62. The van der Waals surface area contributed by atoms with E-state index in [1.165, 1.54) is 5.56 Å². The molecule has 0 fully saturated rings. The van der Waals surface area contributed by atoms with E-state index < -0.39 is 0 Å². The molecule has 3 N–H and O–H groups in total. The van der Waals surface area contributed by atoms with E-state index in [9.17, 15) is 0 Å². The van der Waals surface area contributed by atoms with Gasteiger partial charge in [0.2, 0.25) is 0 Å². The van der Waals surface area contributed by atoms with Gasteiger partial charge in [0.15, 0.2) is 0 Å². The first kappa shape index (κ1) is 12.4. The predicted molar refractivity (Wildman–Crippen MR) is 80.9 cm³/mol. The van der Waals surface area contributed by atoms with Crippen LogP contribution in [0, 0.1) is 0 Å². The molecule has 0 saturated heterocycles. The van der Waals surface area contributed by atoms with Crippen LogP contribution in [0.15, 0.2) is 67.0 Å². The Balaban J connectivity index is 1.62. The Kier molecular flexibility index (Phi) is 3.76. The summed E-state index contributed by atoms with van der Waals surface area (Å²) < 4.78 is 0. The van der Waals surface area contributed by atoms with Gasteiger partial charge in [-0.15, -0.1) is 0 Å². The van der Waals surface area contributed by atoms with E-state index >= 15 is 0 Å². The van der Waals surface area contributed by atoms with E-state index in [0.29, 0.717) is 0 Å². The molecule has 0 spiro atoms. The first-order valence-electron chi connectivity index (χ1n) is 6.54. The summed E-state index contributed by atoms with van der Waals surface area (Å²) in [7, 11) is 0. The fourth-order valence-corrected chi connectivity index (χ4v) is 2.04. The third-order valence-corrected chi connectivity index (χ3v) is 3.06. The fraction of sp³-hybridized carbons (Fsp3) is 0.0625. The van der Waals surface area contributed by atoms with Crippen molar-refractivity contribution in [2.24, 2.45) is 0 Å². The lowest BCUT2D eigenvalue weighted by molar-refractivity contribution is 0.802. The first-order chi connectivity index (χ1) is 9.92. The lowest BCUT2D eigenvalue weighted by Gasteiger charge is -2.09. The minimum absolute atomic E-state index is 0.751. The van der Waals surface area contributed by atoms with Crippen LogP contribution in [0.3, 0.4) is 0 Å². The standard InChI is InChI=1S/C16H16N4/c1-2-7-16(8-3-1)20-19-10-13-5-4-6-14(9-13)15-11-17-18-12-15/h1-9,11-12,19-20H,10H2,(H,17,18). The van der Waals surface area contributed by atoms with E-state index in [4.69, 9.17) is 0 Å². The molecular formula is C16H16N4. The predicted octanol–water partition coefficient (Wildman–Crippen LogP) is 3.19. The number of hydrazine groups is 1. The quantitative estimate of drug-likeness (QED) is 0.620. The minimum Gasteiger partial charge on any atom is -0.321 e. The summed E-state index contributed by atoms with van der Waals surface area (Å²) in [5, 5.41) is 6.81. The van der Waals surface area contributed by atoms with Crippen molar-refractivity contribution in [3.8, 4) is 11.1 Å². The molecule has 0 aliphatic rings. The van der Waals surface area contributed by atoms with Crippen LogP contribution in [0.4, 0.5) is 5.69 Å². The zero-order chi connectivity index (χ0) is 13.6. The van der Waals surface area contributed by atoms with Gasteiger partial charge in [0.05, 0.1) is 6.20 Å². The van der Waals surface area contributed by atoms with Crippen molar-refractivity contribution in [3.05, 3.63) is 72.6 Å². The van der Waals surface area contributed by atoms with Crippen molar-refractivity contribution in [2.75, 3.05) is 5.43 Å². The highest BCUT2D eigenvalue weighted by Gasteiger charge is 2.00. The average molecular weight is 264 g/mol. The fourth-order valence-electron chi connectivity index (χ4n) is 2.04. The summed E-state index contributed by atoms with van der Waals surface area (Å²) in [6, 6.07) is 18.4. The van der Waals surface area contributed by atoms with Gasteiger partial charge in [-0.3, -0.25) is 5.10 Å². The van der Waals surface area contributed by atoms with Crippen LogP contribution in [0.25, 0.3) is 11.1 Å². The Hall–Kier alpha value is -2.59. The van der Waals surface area contributed by atoms with Crippen LogP contribution in [0.2, 0.25) is 0 Å². The molecule has 1 heterocycles. The highest BCUT2D eigenvalue weighted by atomic mass is 15.3. The van der Waals surface area contributed by atoms with Gasteiger partial charge in [0, 0.05) is 24.0 Å². The summed E-state index contributed by atoms with van der Waals surface area (Å²) in [4.78, 5) is 0. The Labute approximate surface area is 117 Å². The topological polar surface area (TPSA) is 52.7 Å². The molecule has 20 heavy (non-hydrogen) atoms. The van der Waals surface area contributed by atoms with Crippen LogP contribution in [0.1, 0.15) is 5.56 Å². The first-order valence-corrected chi connectivity index (χ1v) is 6.54. The molecule has 4 nitrogen and oxygen atoms in total. The Morgan fingerprint density at radius 2 is 1.85 bits per heavy atom. The number of nitrogens with one attached hydrogen (secondary N) is 3. The minimum atomic E-state index is 0.751. The number of hydrogen-bond acceptors (Lipinski definition) is 3. The number of H-pyrrole nitrogens is 1. The second-order valence-corrected chi connectivity index (χ2v) is 4.53. The Morgan fingerprint density at radius 3 is 2.65 bits per heavy atom. The lowest BCUT2D eigenvalue weighted by atomic mass is 10.1. The average Bonchev–Trinajstić information content (AvgIpc) is 3.03. The number of nitrogens with zero attached hydrogens (tertiary/aromatic N) is 1. The maximum Gasteiger partial charge on any atom is 0.0565 e. The van der Waals surface area contributed by atoms with Crippen LogP contribution in [0.5, 0.6) is 0 Å². The highest BCUT2D eigenvalue weighted by Crippen LogP contribution is 2.18. The number of anilines is 1. The number of para-hydroxylation sites is 1. The number of hydrogen-bond donors (Lipinski definition) is 3. The Bertz CT molecular complexity index is 647.